The molecule has 0 spiro atoms. The SMILES string of the molecule is C=CC(=O)NC(C)C[N+](C)(C)CC.[Cl-]. The van der Waals surface area contributed by atoms with Gasteiger partial charge in [0, 0.05) is 0 Å². The molecule has 14 heavy (non-hydrogen) atoms. The molecule has 4 heteroatoms. The van der Waals surface area contributed by atoms with Crippen molar-refractivity contribution in [2.75, 3.05) is 27.2 Å². The summed E-state index contributed by atoms with van der Waals surface area (Å²) >= 11 is 0. The third-order valence-electron chi connectivity index (χ3n) is 2.20. The molecule has 0 aliphatic rings. The van der Waals surface area contributed by atoms with Crippen LogP contribution in [-0.4, -0.2) is 43.6 Å². The number of quaternary nitrogens is 1. The van der Waals surface area contributed by atoms with Gasteiger partial charge in [-0.05, 0) is 19.9 Å². The van der Waals surface area contributed by atoms with Gasteiger partial charge in [-0.25, -0.2) is 0 Å². The number of halogens is 1. The van der Waals surface area contributed by atoms with Crippen LogP contribution in [0, 0.1) is 0 Å². The summed E-state index contributed by atoms with van der Waals surface area (Å²) in [6, 6.07) is 0.195. The van der Waals surface area contributed by atoms with E-state index >= 15 is 0 Å². The third kappa shape index (κ3) is 6.92. The number of nitrogens with zero attached hydrogens (tertiary/aromatic N) is 1. The summed E-state index contributed by atoms with van der Waals surface area (Å²) in [5.74, 6) is -0.0939. The zero-order chi connectivity index (χ0) is 10.5. The summed E-state index contributed by atoms with van der Waals surface area (Å²) in [6.45, 7) is 9.57. The van der Waals surface area contributed by atoms with Gasteiger partial charge in [-0.15, -0.1) is 0 Å². The van der Waals surface area contributed by atoms with Crippen LogP contribution < -0.4 is 17.7 Å². The van der Waals surface area contributed by atoms with Gasteiger partial charge in [-0.3, -0.25) is 4.79 Å². The van der Waals surface area contributed by atoms with Gasteiger partial charge in [0.15, 0.2) is 0 Å². The Labute approximate surface area is 93.2 Å². The molecule has 0 saturated heterocycles. The van der Waals surface area contributed by atoms with Crippen molar-refractivity contribution in [2.24, 2.45) is 0 Å². The predicted octanol–water partition coefficient (Wildman–Crippen LogP) is -2.22. The number of nitrogens with one attached hydrogen (secondary N) is 1. The van der Waals surface area contributed by atoms with Crippen LogP contribution >= 0.6 is 0 Å². The quantitative estimate of drug-likeness (QED) is 0.413. The normalized spacial score (nSPS) is 12.6. The molecule has 84 valence electrons. The van der Waals surface area contributed by atoms with E-state index in [1.807, 2.05) is 6.92 Å². The smallest absolute Gasteiger partial charge is 0.243 e. The zero-order valence-corrected chi connectivity index (χ0v) is 10.3. The van der Waals surface area contributed by atoms with E-state index in [1.54, 1.807) is 0 Å². The van der Waals surface area contributed by atoms with Gasteiger partial charge >= 0.3 is 0 Å². The topological polar surface area (TPSA) is 29.1 Å². The fourth-order valence-corrected chi connectivity index (χ4v) is 1.22. The van der Waals surface area contributed by atoms with Crippen LogP contribution in [0.4, 0.5) is 0 Å². The minimum absolute atomic E-state index is 0. The van der Waals surface area contributed by atoms with Crippen molar-refractivity contribution in [2.45, 2.75) is 19.9 Å². The molecule has 0 heterocycles. The van der Waals surface area contributed by atoms with E-state index in [9.17, 15) is 4.79 Å². The Morgan fingerprint density at radius 3 is 2.43 bits per heavy atom. The summed E-state index contributed by atoms with van der Waals surface area (Å²) in [7, 11) is 4.30. The minimum Gasteiger partial charge on any atom is -1.00 e. The molecule has 0 aromatic rings. The third-order valence-corrected chi connectivity index (χ3v) is 2.20. The summed E-state index contributed by atoms with van der Waals surface area (Å²) in [6.07, 6.45) is 1.31. The number of hydrogen-bond donors (Lipinski definition) is 1. The van der Waals surface area contributed by atoms with Gasteiger partial charge in [-0.1, -0.05) is 6.58 Å². The molecule has 1 N–H and O–H groups in total. The summed E-state index contributed by atoms with van der Waals surface area (Å²) in [5.41, 5.74) is 0. The molecule has 0 saturated carbocycles. The Hall–Kier alpha value is -0.540. The zero-order valence-electron chi connectivity index (χ0n) is 9.51. The van der Waals surface area contributed by atoms with E-state index in [4.69, 9.17) is 0 Å². The molecule has 1 unspecified atom stereocenters. The Bertz CT molecular complexity index is 193. The molecular weight excluding hydrogens is 200 g/mol. The van der Waals surface area contributed by atoms with Crippen molar-refractivity contribution in [3.8, 4) is 0 Å². The summed E-state index contributed by atoms with van der Waals surface area (Å²) in [5, 5.41) is 2.85. The van der Waals surface area contributed by atoms with Crippen LogP contribution in [-0.2, 0) is 4.79 Å². The first kappa shape index (κ1) is 15.9. The van der Waals surface area contributed by atoms with Gasteiger partial charge in [-0.2, -0.15) is 0 Å². The van der Waals surface area contributed by atoms with Gasteiger partial charge in [0.2, 0.25) is 5.91 Å². The molecule has 0 aromatic heterocycles. The number of likely N-dealkylation sites (N-methyl/N-ethyl adjacent to an activating group) is 1. The Morgan fingerprint density at radius 1 is 1.57 bits per heavy atom. The number of carbonyl (C=O) groups is 1. The first-order valence-corrected chi connectivity index (χ1v) is 4.66. The van der Waals surface area contributed by atoms with E-state index < -0.39 is 0 Å². The van der Waals surface area contributed by atoms with Gasteiger partial charge in [0.05, 0.1) is 33.2 Å². The van der Waals surface area contributed by atoms with Crippen molar-refractivity contribution in [3.05, 3.63) is 12.7 Å². The average molecular weight is 221 g/mol. The lowest BCUT2D eigenvalue weighted by Crippen LogP contribution is -3.00. The molecule has 0 rings (SSSR count). The maximum Gasteiger partial charge on any atom is 0.243 e. The van der Waals surface area contributed by atoms with E-state index in [1.165, 1.54) is 6.08 Å². The Morgan fingerprint density at radius 2 is 2.07 bits per heavy atom. The van der Waals surface area contributed by atoms with Crippen molar-refractivity contribution in [3.63, 3.8) is 0 Å². The summed E-state index contributed by atoms with van der Waals surface area (Å²) in [4.78, 5) is 11.0. The molecule has 0 fully saturated rings. The fourth-order valence-electron chi connectivity index (χ4n) is 1.22. The molecule has 0 aliphatic heterocycles. The number of carbonyl (C=O) groups excluding carboxylic acids is 1. The van der Waals surface area contributed by atoms with Crippen molar-refractivity contribution >= 4 is 5.91 Å². The van der Waals surface area contributed by atoms with Crippen LogP contribution in [0.1, 0.15) is 13.8 Å². The first-order chi connectivity index (χ1) is 5.91. The van der Waals surface area contributed by atoms with E-state index in [-0.39, 0.29) is 24.4 Å². The van der Waals surface area contributed by atoms with Crippen LogP contribution in [0.5, 0.6) is 0 Å². The first-order valence-electron chi connectivity index (χ1n) is 4.66. The van der Waals surface area contributed by atoms with Crippen molar-refractivity contribution < 1.29 is 21.7 Å². The molecule has 1 amide bonds. The second-order valence-corrected chi connectivity index (χ2v) is 4.05. The highest BCUT2D eigenvalue weighted by Crippen LogP contribution is 1.98. The van der Waals surface area contributed by atoms with Gasteiger partial charge in [0.1, 0.15) is 0 Å². The maximum atomic E-state index is 11.0. The molecule has 1 atom stereocenters. The second kappa shape index (κ2) is 6.85. The average Bonchev–Trinajstić information content (AvgIpc) is 2.03. The lowest BCUT2D eigenvalue weighted by atomic mass is 10.3. The predicted molar refractivity (Wildman–Crippen MR) is 55.3 cm³/mol. The van der Waals surface area contributed by atoms with Gasteiger partial charge in [0.25, 0.3) is 0 Å². The molecule has 0 bridgehead atoms. The molecule has 0 radical (unpaired) electrons. The van der Waals surface area contributed by atoms with E-state index in [0.717, 1.165) is 17.6 Å². The fraction of sp³-hybridized carbons (Fsp3) is 0.700. The number of amides is 1. The molecular formula is C10H21ClN2O. The lowest BCUT2D eigenvalue weighted by molar-refractivity contribution is -0.889. The van der Waals surface area contributed by atoms with Crippen molar-refractivity contribution in [1.29, 1.82) is 0 Å². The number of rotatable bonds is 5. The van der Waals surface area contributed by atoms with Crippen LogP contribution in [0.15, 0.2) is 12.7 Å². The monoisotopic (exact) mass is 220 g/mol. The van der Waals surface area contributed by atoms with E-state index in [0.29, 0.717) is 0 Å². The highest BCUT2D eigenvalue weighted by Gasteiger charge is 2.17. The Balaban J connectivity index is 0. The lowest BCUT2D eigenvalue weighted by Gasteiger charge is -2.31. The van der Waals surface area contributed by atoms with Crippen LogP contribution in [0.3, 0.4) is 0 Å². The summed E-state index contributed by atoms with van der Waals surface area (Å²) < 4.78 is 0.915. The Kier molecular flexibility index (Phi) is 7.78. The van der Waals surface area contributed by atoms with E-state index in [2.05, 4.69) is 32.9 Å². The molecule has 3 nitrogen and oxygen atoms in total. The highest BCUT2D eigenvalue weighted by atomic mass is 35.5. The minimum atomic E-state index is -0.0939. The van der Waals surface area contributed by atoms with Crippen molar-refractivity contribution in [1.82, 2.24) is 5.32 Å². The standard InChI is InChI=1S/C10H20N2O.ClH/c1-6-10(13)11-9(3)8-12(4,5)7-2;/h6,9H,1,7-8H2,2-5H3;1H. The maximum absolute atomic E-state index is 11.0. The highest BCUT2D eigenvalue weighted by molar-refractivity contribution is 5.87. The molecule has 0 aromatic carbocycles. The van der Waals surface area contributed by atoms with Crippen LogP contribution in [0.2, 0.25) is 0 Å². The largest absolute Gasteiger partial charge is 1.00 e. The second-order valence-electron chi connectivity index (χ2n) is 4.05. The van der Waals surface area contributed by atoms with Gasteiger partial charge < -0.3 is 22.2 Å². The molecule has 0 aliphatic carbocycles. The number of hydrogen-bond acceptors (Lipinski definition) is 1. The van der Waals surface area contributed by atoms with Crippen LogP contribution in [0.25, 0.3) is 0 Å².